The number of rotatable bonds is 6. The number of amides is 1. The van der Waals surface area contributed by atoms with E-state index in [-0.39, 0.29) is 11.8 Å². The van der Waals surface area contributed by atoms with Crippen molar-refractivity contribution in [3.05, 3.63) is 35.9 Å². The van der Waals surface area contributed by atoms with Crippen LogP contribution in [0.2, 0.25) is 0 Å². The van der Waals surface area contributed by atoms with E-state index in [1.165, 1.54) is 0 Å². The Morgan fingerprint density at radius 2 is 1.75 bits per heavy atom. The van der Waals surface area contributed by atoms with Crippen LogP contribution in [0.4, 0.5) is 0 Å². The van der Waals surface area contributed by atoms with E-state index in [4.69, 9.17) is 9.47 Å². The zero-order chi connectivity index (χ0) is 14.4. The molecule has 0 radical (unpaired) electrons. The molecule has 4 heteroatoms. The van der Waals surface area contributed by atoms with Gasteiger partial charge in [0.05, 0.1) is 14.2 Å². The normalized spacial score (nSPS) is 14.3. The molecule has 1 aromatic carbocycles. The average Bonchev–Trinajstić information content (AvgIpc) is 3.01. The van der Waals surface area contributed by atoms with E-state index < -0.39 is 0 Å². The lowest BCUT2D eigenvalue weighted by Crippen LogP contribution is -2.31. The number of hydrogen-bond acceptors (Lipinski definition) is 3. The summed E-state index contributed by atoms with van der Waals surface area (Å²) in [6, 6.07) is 5.77. The van der Waals surface area contributed by atoms with Crippen molar-refractivity contribution in [3.8, 4) is 11.5 Å². The molecule has 0 unspecified atom stereocenters. The number of carbonyl (C=O) groups excluding carboxylic acids is 1. The van der Waals surface area contributed by atoms with Gasteiger partial charge in [-0.2, -0.15) is 0 Å². The molecule has 0 aliphatic heterocycles. The number of nitrogens with one attached hydrogen (secondary N) is 1. The molecule has 0 fully saturated rings. The van der Waals surface area contributed by atoms with Crippen LogP contribution >= 0.6 is 0 Å². The molecule has 20 heavy (non-hydrogen) atoms. The Labute approximate surface area is 119 Å². The molecule has 0 heterocycles. The maximum absolute atomic E-state index is 11.9. The van der Waals surface area contributed by atoms with Gasteiger partial charge >= 0.3 is 0 Å². The van der Waals surface area contributed by atoms with Gasteiger partial charge in [-0.25, -0.2) is 0 Å². The third-order valence-corrected chi connectivity index (χ3v) is 3.50. The zero-order valence-electron chi connectivity index (χ0n) is 12.0. The summed E-state index contributed by atoms with van der Waals surface area (Å²) in [6.45, 7) is 0.631. The first-order valence-corrected chi connectivity index (χ1v) is 6.87. The maximum Gasteiger partial charge on any atom is 0.223 e. The second-order valence-corrected chi connectivity index (χ2v) is 4.90. The molecule has 1 N–H and O–H groups in total. The average molecular weight is 275 g/mol. The molecule has 4 nitrogen and oxygen atoms in total. The predicted octanol–water partition coefficient (Wildman–Crippen LogP) is 2.33. The number of benzene rings is 1. The van der Waals surface area contributed by atoms with E-state index in [0.29, 0.717) is 6.54 Å². The third-order valence-electron chi connectivity index (χ3n) is 3.50. The highest BCUT2D eigenvalue weighted by atomic mass is 16.5. The molecular weight excluding hydrogens is 254 g/mol. The van der Waals surface area contributed by atoms with Crippen LogP contribution in [0.25, 0.3) is 0 Å². The van der Waals surface area contributed by atoms with Gasteiger partial charge < -0.3 is 14.8 Å². The van der Waals surface area contributed by atoms with E-state index in [1.807, 2.05) is 18.2 Å². The van der Waals surface area contributed by atoms with Crippen molar-refractivity contribution in [1.82, 2.24) is 5.32 Å². The second-order valence-electron chi connectivity index (χ2n) is 4.90. The summed E-state index contributed by atoms with van der Waals surface area (Å²) < 4.78 is 10.5. The number of hydrogen-bond donors (Lipinski definition) is 1. The van der Waals surface area contributed by atoms with Crippen LogP contribution < -0.4 is 14.8 Å². The highest BCUT2D eigenvalue weighted by Gasteiger charge is 2.18. The van der Waals surface area contributed by atoms with Gasteiger partial charge in [-0.3, -0.25) is 4.79 Å². The number of allylic oxidation sites excluding steroid dienone is 2. The lowest BCUT2D eigenvalue weighted by molar-refractivity contribution is -0.124. The van der Waals surface area contributed by atoms with Crippen molar-refractivity contribution < 1.29 is 14.3 Å². The fraction of sp³-hybridized carbons (Fsp3) is 0.438. The van der Waals surface area contributed by atoms with Gasteiger partial charge in [0.1, 0.15) is 11.5 Å². The van der Waals surface area contributed by atoms with E-state index in [9.17, 15) is 4.79 Å². The molecule has 1 aliphatic rings. The minimum atomic E-state index is 0.120. The van der Waals surface area contributed by atoms with Crippen LogP contribution in [0, 0.1) is 5.92 Å². The van der Waals surface area contributed by atoms with Crippen LogP contribution in [0.1, 0.15) is 18.4 Å². The van der Waals surface area contributed by atoms with E-state index in [2.05, 4.69) is 17.5 Å². The highest BCUT2D eigenvalue weighted by molar-refractivity contribution is 5.79. The quantitative estimate of drug-likeness (QED) is 0.811. The van der Waals surface area contributed by atoms with Gasteiger partial charge in [0.15, 0.2) is 0 Å². The summed E-state index contributed by atoms with van der Waals surface area (Å²) in [4.78, 5) is 11.9. The second kappa shape index (κ2) is 6.98. The van der Waals surface area contributed by atoms with Crippen molar-refractivity contribution >= 4 is 5.91 Å². The van der Waals surface area contributed by atoms with Gasteiger partial charge in [0.25, 0.3) is 0 Å². The van der Waals surface area contributed by atoms with Crippen molar-refractivity contribution in [2.45, 2.75) is 19.3 Å². The van der Waals surface area contributed by atoms with Crippen LogP contribution in [0.3, 0.4) is 0 Å². The summed E-state index contributed by atoms with van der Waals surface area (Å²) in [7, 11) is 3.26. The van der Waals surface area contributed by atoms with Gasteiger partial charge in [-0.05, 0) is 37.0 Å². The zero-order valence-corrected chi connectivity index (χ0v) is 12.0. The summed E-state index contributed by atoms with van der Waals surface area (Å²) in [5.74, 6) is 1.80. The van der Waals surface area contributed by atoms with Crippen LogP contribution in [-0.4, -0.2) is 26.7 Å². The molecule has 2 rings (SSSR count). The van der Waals surface area contributed by atoms with Gasteiger partial charge in [-0.1, -0.05) is 12.2 Å². The molecule has 108 valence electrons. The standard InChI is InChI=1S/C16H21NO3/c1-19-14-9-12(10-15(11-14)20-2)7-8-17-16(18)13-5-3-4-6-13/h3-4,9-11,13H,5-8H2,1-2H3,(H,17,18). The van der Waals surface area contributed by atoms with Crippen LogP contribution in [0.15, 0.2) is 30.4 Å². The minimum absolute atomic E-state index is 0.120. The Morgan fingerprint density at radius 1 is 1.15 bits per heavy atom. The molecule has 0 aromatic heterocycles. The SMILES string of the molecule is COc1cc(CCNC(=O)C2CC=CC2)cc(OC)c1. The lowest BCUT2D eigenvalue weighted by atomic mass is 10.1. The van der Waals surface area contributed by atoms with Crippen molar-refractivity contribution in [2.75, 3.05) is 20.8 Å². The fourth-order valence-corrected chi connectivity index (χ4v) is 2.32. The fourth-order valence-electron chi connectivity index (χ4n) is 2.32. The molecule has 0 saturated heterocycles. The molecule has 0 atom stereocenters. The maximum atomic E-state index is 11.9. The molecule has 1 aromatic rings. The van der Waals surface area contributed by atoms with Crippen LogP contribution in [-0.2, 0) is 11.2 Å². The van der Waals surface area contributed by atoms with E-state index in [1.54, 1.807) is 14.2 Å². The first-order valence-electron chi connectivity index (χ1n) is 6.87. The molecule has 1 amide bonds. The molecule has 0 saturated carbocycles. The molecule has 1 aliphatic carbocycles. The monoisotopic (exact) mass is 275 g/mol. The smallest absolute Gasteiger partial charge is 0.223 e. The first-order chi connectivity index (χ1) is 9.72. The highest BCUT2D eigenvalue weighted by Crippen LogP contribution is 2.22. The largest absolute Gasteiger partial charge is 0.497 e. The van der Waals surface area contributed by atoms with Gasteiger partial charge in [-0.15, -0.1) is 0 Å². The summed E-state index contributed by atoms with van der Waals surface area (Å²) in [6.07, 6.45) is 6.62. The van der Waals surface area contributed by atoms with Crippen LogP contribution in [0.5, 0.6) is 11.5 Å². The Balaban J connectivity index is 1.85. The lowest BCUT2D eigenvalue weighted by Gasteiger charge is -2.11. The minimum Gasteiger partial charge on any atom is -0.497 e. The Bertz CT molecular complexity index is 466. The molecule has 0 spiro atoms. The predicted molar refractivity (Wildman–Crippen MR) is 78.1 cm³/mol. The number of methoxy groups -OCH3 is 2. The molecule has 0 bridgehead atoms. The first kappa shape index (κ1) is 14.4. The Kier molecular flexibility index (Phi) is 5.04. The van der Waals surface area contributed by atoms with E-state index in [0.717, 1.165) is 36.3 Å². The number of carbonyl (C=O) groups is 1. The van der Waals surface area contributed by atoms with Crippen molar-refractivity contribution in [3.63, 3.8) is 0 Å². The van der Waals surface area contributed by atoms with Crippen molar-refractivity contribution in [2.24, 2.45) is 5.92 Å². The van der Waals surface area contributed by atoms with E-state index >= 15 is 0 Å². The third kappa shape index (κ3) is 3.76. The molecular formula is C16H21NO3. The Morgan fingerprint density at radius 3 is 2.30 bits per heavy atom. The Hall–Kier alpha value is -1.97. The van der Waals surface area contributed by atoms with Gasteiger partial charge in [0, 0.05) is 18.5 Å². The summed E-state index contributed by atoms with van der Waals surface area (Å²) in [5, 5.41) is 2.99. The topological polar surface area (TPSA) is 47.6 Å². The summed E-state index contributed by atoms with van der Waals surface area (Å²) >= 11 is 0. The van der Waals surface area contributed by atoms with Gasteiger partial charge in [0.2, 0.25) is 5.91 Å². The number of ether oxygens (including phenoxy) is 2. The van der Waals surface area contributed by atoms with Crippen molar-refractivity contribution in [1.29, 1.82) is 0 Å². The summed E-state index contributed by atoms with van der Waals surface area (Å²) in [5.41, 5.74) is 1.09.